The van der Waals surface area contributed by atoms with Crippen molar-refractivity contribution in [1.82, 2.24) is 4.98 Å². The van der Waals surface area contributed by atoms with Gasteiger partial charge in [-0.25, -0.2) is 13.4 Å². The van der Waals surface area contributed by atoms with Crippen molar-refractivity contribution in [3.8, 4) is 0 Å². The van der Waals surface area contributed by atoms with Crippen molar-refractivity contribution in [1.29, 1.82) is 0 Å². The second-order valence-corrected chi connectivity index (χ2v) is 7.61. The van der Waals surface area contributed by atoms with E-state index in [4.69, 9.17) is 0 Å². The smallest absolute Gasteiger partial charge is 0.272 e. The van der Waals surface area contributed by atoms with Crippen LogP contribution in [0.5, 0.6) is 0 Å². The Hall–Kier alpha value is -1.12. The summed E-state index contributed by atoms with van der Waals surface area (Å²) in [5.74, 6) is 0.764. The first-order valence-electron chi connectivity index (χ1n) is 5.29. The third-order valence-corrected chi connectivity index (χ3v) is 6.34. The van der Waals surface area contributed by atoms with E-state index in [9.17, 15) is 8.42 Å². The van der Waals surface area contributed by atoms with E-state index in [-0.39, 0.29) is 4.21 Å². The van der Waals surface area contributed by atoms with Crippen LogP contribution >= 0.6 is 27.3 Å². The molecule has 102 valence electrons. The minimum Gasteiger partial charge on any atom is -0.363 e. The van der Waals surface area contributed by atoms with E-state index in [0.29, 0.717) is 10.2 Å². The van der Waals surface area contributed by atoms with Gasteiger partial charge < -0.3 is 4.90 Å². The third-order valence-electron chi connectivity index (χ3n) is 2.29. The molecule has 0 saturated carbocycles. The highest BCUT2D eigenvalue weighted by atomic mass is 79.9. The molecule has 19 heavy (non-hydrogen) atoms. The van der Waals surface area contributed by atoms with Crippen molar-refractivity contribution in [2.75, 3.05) is 23.7 Å². The van der Waals surface area contributed by atoms with E-state index in [0.717, 1.165) is 17.2 Å². The summed E-state index contributed by atoms with van der Waals surface area (Å²) in [6, 6.07) is 5.13. The lowest BCUT2D eigenvalue weighted by Crippen LogP contribution is -2.13. The fourth-order valence-electron chi connectivity index (χ4n) is 1.38. The van der Waals surface area contributed by atoms with Crippen LogP contribution < -0.4 is 9.62 Å². The molecule has 0 bridgehead atoms. The second kappa shape index (κ2) is 5.48. The number of nitrogens with zero attached hydrogens (tertiary/aromatic N) is 2. The summed E-state index contributed by atoms with van der Waals surface area (Å²) in [7, 11) is 0.174. The van der Waals surface area contributed by atoms with Gasteiger partial charge in [-0.1, -0.05) is 0 Å². The van der Waals surface area contributed by atoms with Gasteiger partial charge >= 0.3 is 0 Å². The van der Waals surface area contributed by atoms with Crippen LogP contribution in [0.15, 0.2) is 38.5 Å². The highest BCUT2D eigenvalue weighted by Crippen LogP contribution is 2.29. The Morgan fingerprint density at radius 3 is 2.53 bits per heavy atom. The molecule has 0 radical (unpaired) electrons. The first kappa shape index (κ1) is 14.3. The normalized spacial score (nSPS) is 11.3. The minimum absolute atomic E-state index is 0.254. The molecule has 0 atom stereocenters. The minimum atomic E-state index is -3.57. The molecule has 0 aliphatic carbocycles. The zero-order chi connectivity index (χ0) is 14.0. The number of hydrogen-bond acceptors (Lipinski definition) is 5. The molecule has 1 N–H and O–H groups in total. The van der Waals surface area contributed by atoms with Crippen molar-refractivity contribution in [2.24, 2.45) is 0 Å². The average molecular weight is 362 g/mol. The number of hydrogen-bond donors (Lipinski definition) is 1. The van der Waals surface area contributed by atoms with Crippen LogP contribution in [0.25, 0.3) is 0 Å². The Balaban J connectivity index is 2.24. The fourth-order valence-corrected chi connectivity index (χ4v) is 4.77. The fraction of sp³-hybridized carbons (Fsp3) is 0.182. The van der Waals surface area contributed by atoms with Gasteiger partial charge in [-0.3, -0.25) is 4.72 Å². The molecule has 2 aromatic heterocycles. The second-order valence-electron chi connectivity index (χ2n) is 3.96. The van der Waals surface area contributed by atoms with E-state index in [2.05, 4.69) is 25.6 Å². The van der Waals surface area contributed by atoms with Gasteiger partial charge in [0.25, 0.3) is 10.0 Å². The summed E-state index contributed by atoms with van der Waals surface area (Å²) < 4.78 is 27.6. The Labute approximate surface area is 124 Å². The summed E-state index contributed by atoms with van der Waals surface area (Å²) in [6.45, 7) is 0. The van der Waals surface area contributed by atoms with E-state index < -0.39 is 10.0 Å². The van der Waals surface area contributed by atoms with E-state index in [1.54, 1.807) is 23.6 Å². The molecule has 8 heteroatoms. The summed E-state index contributed by atoms with van der Waals surface area (Å²) in [5, 5.41) is 1.71. The van der Waals surface area contributed by atoms with Crippen molar-refractivity contribution in [3.05, 3.63) is 34.2 Å². The Bertz CT molecular complexity index is 666. The SMILES string of the molecule is CN(C)c1ccc(NS(=O)(=O)c2sccc2Br)cn1. The first-order valence-corrected chi connectivity index (χ1v) is 8.45. The van der Waals surface area contributed by atoms with Crippen LogP contribution in [0.2, 0.25) is 0 Å². The lowest BCUT2D eigenvalue weighted by molar-refractivity contribution is 0.603. The quantitative estimate of drug-likeness (QED) is 0.909. The number of anilines is 2. The Morgan fingerprint density at radius 1 is 1.32 bits per heavy atom. The van der Waals surface area contributed by atoms with Gasteiger partial charge in [0.05, 0.1) is 11.9 Å². The van der Waals surface area contributed by atoms with Gasteiger partial charge in [0, 0.05) is 18.6 Å². The summed E-state index contributed by atoms with van der Waals surface area (Å²) in [5.41, 5.74) is 0.436. The highest BCUT2D eigenvalue weighted by molar-refractivity contribution is 9.10. The highest BCUT2D eigenvalue weighted by Gasteiger charge is 2.19. The number of sulfonamides is 1. The summed E-state index contributed by atoms with van der Waals surface area (Å²) >= 11 is 4.37. The summed E-state index contributed by atoms with van der Waals surface area (Å²) in [4.78, 5) is 6.00. The topological polar surface area (TPSA) is 62.3 Å². The van der Waals surface area contributed by atoms with Crippen LogP contribution in [0, 0.1) is 0 Å². The van der Waals surface area contributed by atoms with Crippen LogP contribution in [-0.4, -0.2) is 27.5 Å². The number of nitrogens with one attached hydrogen (secondary N) is 1. The predicted octanol–water partition coefficient (Wildman–Crippen LogP) is 2.77. The predicted molar refractivity (Wildman–Crippen MR) is 81.4 cm³/mol. The number of pyridine rings is 1. The number of halogens is 1. The van der Waals surface area contributed by atoms with E-state index in [1.165, 1.54) is 6.20 Å². The molecule has 0 amide bonds. The van der Waals surface area contributed by atoms with Gasteiger partial charge in [-0.15, -0.1) is 11.3 Å². The molecule has 0 aliphatic heterocycles. The molecule has 0 unspecified atom stereocenters. The third kappa shape index (κ3) is 3.26. The molecule has 2 aromatic rings. The maximum absolute atomic E-state index is 12.1. The Kier molecular flexibility index (Phi) is 4.12. The largest absolute Gasteiger partial charge is 0.363 e. The maximum Gasteiger partial charge on any atom is 0.272 e. The van der Waals surface area contributed by atoms with Gasteiger partial charge in [0.2, 0.25) is 0 Å². The lowest BCUT2D eigenvalue weighted by atomic mass is 10.4. The Morgan fingerprint density at radius 2 is 2.05 bits per heavy atom. The van der Waals surface area contributed by atoms with Crippen LogP contribution in [-0.2, 0) is 10.0 Å². The standard InChI is InChI=1S/C11H12BrN3O2S2/c1-15(2)10-4-3-8(7-13-10)14-19(16,17)11-9(12)5-6-18-11/h3-7,14H,1-2H3. The average Bonchev–Trinajstić information content (AvgIpc) is 2.76. The molecular formula is C11H12BrN3O2S2. The lowest BCUT2D eigenvalue weighted by Gasteiger charge is -2.12. The zero-order valence-electron chi connectivity index (χ0n) is 10.3. The van der Waals surface area contributed by atoms with Crippen molar-refractivity contribution >= 4 is 48.8 Å². The van der Waals surface area contributed by atoms with Crippen molar-refractivity contribution < 1.29 is 8.42 Å². The molecule has 0 aliphatic rings. The first-order chi connectivity index (χ1) is 8.90. The van der Waals surface area contributed by atoms with E-state index >= 15 is 0 Å². The summed E-state index contributed by atoms with van der Waals surface area (Å²) in [6.07, 6.45) is 1.49. The van der Waals surface area contributed by atoms with E-state index in [1.807, 2.05) is 19.0 Å². The molecule has 5 nitrogen and oxygen atoms in total. The monoisotopic (exact) mass is 361 g/mol. The van der Waals surface area contributed by atoms with Crippen LogP contribution in [0.4, 0.5) is 11.5 Å². The molecule has 2 heterocycles. The number of thiophene rings is 1. The van der Waals surface area contributed by atoms with Gasteiger partial charge in [0.15, 0.2) is 4.21 Å². The van der Waals surface area contributed by atoms with Gasteiger partial charge in [-0.05, 0) is 39.5 Å². The van der Waals surface area contributed by atoms with Crippen molar-refractivity contribution in [3.63, 3.8) is 0 Å². The molecular weight excluding hydrogens is 350 g/mol. The molecule has 0 spiro atoms. The van der Waals surface area contributed by atoms with Crippen LogP contribution in [0.1, 0.15) is 0 Å². The molecule has 0 saturated heterocycles. The number of rotatable bonds is 4. The van der Waals surface area contributed by atoms with Crippen molar-refractivity contribution in [2.45, 2.75) is 4.21 Å². The maximum atomic E-state index is 12.1. The molecule has 0 aromatic carbocycles. The van der Waals surface area contributed by atoms with Gasteiger partial charge in [-0.2, -0.15) is 0 Å². The van der Waals surface area contributed by atoms with Crippen LogP contribution in [0.3, 0.4) is 0 Å². The van der Waals surface area contributed by atoms with Gasteiger partial charge in [0.1, 0.15) is 5.82 Å². The molecule has 2 rings (SSSR count). The zero-order valence-corrected chi connectivity index (χ0v) is 13.5. The number of aromatic nitrogens is 1. The molecule has 0 fully saturated rings.